The Morgan fingerprint density at radius 1 is 1.14 bits per heavy atom. The number of carbonyl (C=O) groups is 1. The zero-order valence-electron chi connectivity index (χ0n) is 16.7. The molecule has 3 rings (SSSR count). The molecule has 0 spiro atoms. The quantitative estimate of drug-likeness (QED) is 0.608. The Labute approximate surface area is 177 Å². The van der Waals surface area contributed by atoms with E-state index in [1.165, 1.54) is 0 Å². The van der Waals surface area contributed by atoms with Crippen LogP contribution in [0.4, 0.5) is 0 Å². The van der Waals surface area contributed by atoms with Gasteiger partial charge >= 0.3 is 0 Å². The largest absolute Gasteiger partial charge is 0.339 e. The van der Waals surface area contributed by atoms with Gasteiger partial charge in [0.1, 0.15) is 0 Å². The van der Waals surface area contributed by atoms with Crippen LogP contribution in [0.15, 0.2) is 64.4 Å². The molecule has 0 radical (unpaired) electrons. The van der Waals surface area contributed by atoms with Crippen molar-refractivity contribution < 1.29 is 4.79 Å². The number of hydrogen-bond donors (Lipinski definition) is 0. The molecular weight excluding hydrogens is 388 g/mol. The summed E-state index contributed by atoms with van der Waals surface area (Å²) >= 11 is 7.68. The monoisotopic (exact) mass is 414 g/mol. The Bertz CT molecular complexity index is 842. The van der Waals surface area contributed by atoms with Crippen molar-refractivity contribution in [3.05, 3.63) is 65.2 Å². The van der Waals surface area contributed by atoms with E-state index in [4.69, 9.17) is 11.6 Å². The smallest absolute Gasteiger partial charge is 0.246 e. The lowest BCUT2D eigenvalue weighted by Gasteiger charge is -2.34. The number of likely N-dealkylation sites (tertiary alicyclic amines) is 1. The van der Waals surface area contributed by atoms with E-state index in [-0.39, 0.29) is 5.91 Å². The molecule has 0 bridgehead atoms. The van der Waals surface area contributed by atoms with E-state index in [1.807, 2.05) is 55.3 Å². The average molecular weight is 415 g/mol. The SMILES string of the molecule is CC(=CC(=O)N(C)C1CCN(C)CC1)c1ccccc1Sc1ccc(Cl)cc1. The Kier molecular flexibility index (Phi) is 7.22. The molecule has 1 saturated heterocycles. The first kappa shape index (κ1) is 21.0. The van der Waals surface area contributed by atoms with Crippen molar-refractivity contribution in [3.63, 3.8) is 0 Å². The maximum absolute atomic E-state index is 12.8. The number of piperidine rings is 1. The predicted octanol–water partition coefficient (Wildman–Crippen LogP) is 5.45. The first-order valence-corrected chi connectivity index (χ1v) is 10.8. The van der Waals surface area contributed by atoms with Crippen LogP contribution in [0.3, 0.4) is 0 Å². The highest BCUT2D eigenvalue weighted by atomic mass is 35.5. The van der Waals surface area contributed by atoms with Gasteiger partial charge in [-0.2, -0.15) is 0 Å². The number of nitrogens with zero attached hydrogens (tertiary/aromatic N) is 2. The number of hydrogen-bond acceptors (Lipinski definition) is 3. The van der Waals surface area contributed by atoms with E-state index in [2.05, 4.69) is 24.1 Å². The Hall–Kier alpha value is -1.75. The standard InChI is InChI=1S/C23H27ClN2OS/c1-17(16-23(27)26(3)19-12-14-25(2)15-13-19)21-6-4-5-7-22(21)28-20-10-8-18(24)9-11-20/h4-11,16,19H,12-15H2,1-3H3. The molecule has 0 atom stereocenters. The first-order chi connectivity index (χ1) is 13.4. The van der Waals surface area contributed by atoms with Crippen molar-refractivity contribution >= 4 is 34.8 Å². The van der Waals surface area contributed by atoms with Gasteiger partial charge in [0.25, 0.3) is 0 Å². The van der Waals surface area contributed by atoms with Gasteiger partial charge in [-0.05, 0) is 81.4 Å². The van der Waals surface area contributed by atoms with Gasteiger partial charge in [0, 0.05) is 34.0 Å². The number of rotatable bonds is 5. The normalized spacial score (nSPS) is 16.2. The van der Waals surface area contributed by atoms with E-state index >= 15 is 0 Å². The molecule has 0 saturated carbocycles. The van der Waals surface area contributed by atoms with Crippen LogP contribution in [0.2, 0.25) is 5.02 Å². The molecular formula is C23H27ClN2OS. The highest BCUT2D eigenvalue weighted by Gasteiger charge is 2.23. The van der Waals surface area contributed by atoms with Gasteiger partial charge in [0.2, 0.25) is 5.91 Å². The number of amides is 1. The van der Waals surface area contributed by atoms with Crippen LogP contribution in [-0.2, 0) is 4.79 Å². The number of allylic oxidation sites excluding steroid dienone is 1. The minimum atomic E-state index is 0.0818. The number of benzene rings is 2. The van der Waals surface area contributed by atoms with E-state index in [1.54, 1.807) is 17.8 Å². The van der Waals surface area contributed by atoms with Crippen molar-refractivity contribution in [2.45, 2.75) is 35.6 Å². The zero-order chi connectivity index (χ0) is 20.1. The summed E-state index contributed by atoms with van der Waals surface area (Å²) in [7, 11) is 4.06. The average Bonchev–Trinajstić information content (AvgIpc) is 2.70. The summed E-state index contributed by atoms with van der Waals surface area (Å²) in [5, 5.41) is 0.733. The number of carbonyl (C=O) groups excluding carboxylic acids is 1. The molecule has 0 aromatic heterocycles. The second kappa shape index (κ2) is 9.64. The zero-order valence-corrected chi connectivity index (χ0v) is 18.3. The molecule has 1 fully saturated rings. The minimum absolute atomic E-state index is 0.0818. The van der Waals surface area contributed by atoms with Crippen LogP contribution in [0.5, 0.6) is 0 Å². The van der Waals surface area contributed by atoms with Crippen LogP contribution in [-0.4, -0.2) is 48.9 Å². The number of halogens is 1. The second-order valence-corrected chi connectivity index (χ2v) is 8.91. The Morgan fingerprint density at radius 3 is 2.46 bits per heavy atom. The van der Waals surface area contributed by atoms with Crippen molar-refractivity contribution in [3.8, 4) is 0 Å². The minimum Gasteiger partial charge on any atom is -0.339 e. The van der Waals surface area contributed by atoms with Gasteiger partial charge in [-0.1, -0.05) is 41.6 Å². The van der Waals surface area contributed by atoms with E-state index in [9.17, 15) is 4.79 Å². The van der Waals surface area contributed by atoms with Crippen molar-refractivity contribution in [1.29, 1.82) is 0 Å². The molecule has 0 unspecified atom stereocenters. The van der Waals surface area contributed by atoms with E-state index < -0.39 is 0 Å². The molecule has 3 nitrogen and oxygen atoms in total. The molecule has 5 heteroatoms. The lowest BCUT2D eigenvalue weighted by Crippen LogP contribution is -2.44. The molecule has 28 heavy (non-hydrogen) atoms. The molecule has 1 amide bonds. The maximum atomic E-state index is 12.8. The summed E-state index contributed by atoms with van der Waals surface area (Å²) in [5.41, 5.74) is 2.08. The van der Waals surface area contributed by atoms with Crippen LogP contribution in [0, 0.1) is 0 Å². The van der Waals surface area contributed by atoms with Crippen LogP contribution in [0.25, 0.3) is 5.57 Å². The molecule has 0 N–H and O–H groups in total. The molecule has 0 aliphatic carbocycles. The topological polar surface area (TPSA) is 23.6 Å². The van der Waals surface area contributed by atoms with Gasteiger partial charge in [0.05, 0.1) is 0 Å². The van der Waals surface area contributed by atoms with Crippen molar-refractivity contribution in [2.75, 3.05) is 27.2 Å². The summed E-state index contributed by atoms with van der Waals surface area (Å²) < 4.78 is 0. The second-order valence-electron chi connectivity index (χ2n) is 7.36. The van der Waals surface area contributed by atoms with Crippen molar-refractivity contribution in [1.82, 2.24) is 9.80 Å². The fourth-order valence-electron chi connectivity index (χ4n) is 3.44. The molecule has 148 valence electrons. The first-order valence-electron chi connectivity index (χ1n) is 9.60. The van der Waals surface area contributed by atoms with Gasteiger partial charge in [-0.25, -0.2) is 0 Å². The summed E-state index contributed by atoms with van der Waals surface area (Å²) in [6.45, 7) is 4.11. The molecule has 2 aromatic rings. The van der Waals surface area contributed by atoms with Crippen molar-refractivity contribution in [2.24, 2.45) is 0 Å². The Balaban J connectivity index is 1.75. The van der Waals surface area contributed by atoms with Crippen LogP contribution >= 0.6 is 23.4 Å². The summed E-state index contributed by atoms with van der Waals surface area (Å²) in [6, 6.07) is 16.4. The third-order valence-electron chi connectivity index (χ3n) is 5.28. The summed E-state index contributed by atoms with van der Waals surface area (Å²) in [4.78, 5) is 19.3. The molecule has 1 aliphatic rings. The van der Waals surface area contributed by atoms with Crippen LogP contribution < -0.4 is 0 Å². The van der Waals surface area contributed by atoms with E-state index in [0.29, 0.717) is 6.04 Å². The number of likely N-dealkylation sites (N-methyl/N-ethyl adjacent to an activating group) is 1. The maximum Gasteiger partial charge on any atom is 0.246 e. The van der Waals surface area contributed by atoms with Gasteiger partial charge in [-0.15, -0.1) is 0 Å². The van der Waals surface area contributed by atoms with E-state index in [0.717, 1.165) is 51.9 Å². The highest BCUT2D eigenvalue weighted by molar-refractivity contribution is 7.99. The predicted molar refractivity (Wildman–Crippen MR) is 119 cm³/mol. The summed E-state index contributed by atoms with van der Waals surface area (Å²) in [6.07, 6.45) is 3.85. The van der Waals surface area contributed by atoms with Gasteiger partial charge in [0.15, 0.2) is 0 Å². The third kappa shape index (κ3) is 5.40. The van der Waals surface area contributed by atoms with Crippen LogP contribution in [0.1, 0.15) is 25.3 Å². The third-order valence-corrected chi connectivity index (χ3v) is 6.61. The molecule has 1 aliphatic heterocycles. The van der Waals surface area contributed by atoms with Gasteiger partial charge in [-0.3, -0.25) is 4.79 Å². The molecule has 2 aromatic carbocycles. The lowest BCUT2D eigenvalue weighted by molar-refractivity contribution is -0.127. The van der Waals surface area contributed by atoms with Gasteiger partial charge < -0.3 is 9.80 Å². The fraction of sp³-hybridized carbons (Fsp3) is 0.348. The highest BCUT2D eigenvalue weighted by Crippen LogP contribution is 2.34. The fourth-order valence-corrected chi connectivity index (χ4v) is 4.58. The lowest BCUT2D eigenvalue weighted by atomic mass is 10.0. The Morgan fingerprint density at radius 2 is 1.79 bits per heavy atom. The molecule has 1 heterocycles. The summed E-state index contributed by atoms with van der Waals surface area (Å²) in [5.74, 6) is 0.0818.